The minimum atomic E-state index is -0.481. The van der Waals surface area contributed by atoms with Crippen molar-refractivity contribution in [2.45, 2.75) is 46.6 Å². The summed E-state index contributed by atoms with van der Waals surface area (Å²) in [5, 5.41) is 4.49. The van der Waals surface area contributed by atoms with Crippen LogP contribution >= 0.6 is 0 Å². The van der Waals surface area contributed by atoms with Crippen LogP contribution in [0.3, 0.4) is 0 Å². The Labute approximate surface area is 160 Å². The average molecular weight is 369 g/mol. The lowest BCUT2D eigenvalue weighted by Crippen LogP contribution is -2.38. The van der Waals surface area contributed by atoms with E-state index in [4.69, 9.17) is 4.74 Å². The number of ether oxygens (including phenoxy) is 1. The number of esters is 1. The fraction of sp³-hybridized carbons (Fsp3) is 0.476. The number of likely N-dealkylation sites (tertiary alicyclic amines) is 1. The summed E-state index contributed by atoms with van der Waals surface area (Å²) in [6.07, 6.45) is 3.19. The summed E-state index contributed by atoms with van der Waals surface area (Å²) >= 11 is 0. The standard InChI is InChI=1S/C21H27N3O3/c1-15-7-9-18(10-8-15)13-24-17(3)20(16(2)22-24)21(26)27-14-19(25)23-11-5-4-6-12-23/h7-10H,4-6,11-14H2,1-3H3. The van der Waals surface area contributed by atoms with Gasteiger partial charge in [-0.15, -0.1) is 0 Å². The van der Waals surface area contributed by atoms with E-state index in [0.717, 1.165) is 43.6 Å². The highest BCUT2D eigenvalue weighted by Gasteiger charge is 2.23. The molecule has 1 amide bonds. The summed E-state index contributed by atoms with van der Waals surface area (Å²) in [6.45, 7) is 7.59. The van der Waals surface area contributed by atoms with Crippen LogP contribution in [0.1, 0.15) is 52.1 Å². The Balaban J connectivity index is 1.65. The number of amides is 1. The topological polar surface area (TPSA) is 64.4 Å². The first-order valence-corrected chi connectivity index (χ1v) is 9.50. The van der Waals surface area contributed by atoms with Crippen LogP contribution in [0.5, 0.6) is 0 Å². The predicted molar refractivity (Wildman–Crippen MR) is 103 cm³/mol. The SMILES string of the molecule is Cc1ccc(Cn2nc(C)c(C(=O)OCC(=O)N3CCCCC3)c2C)cc1. The molecule has 1 aliphatic heterocycles. The molecular weight excluding hydrogens is 342 g/mol. The second kappa shape index (κ2) is 8.37. The number of carbonyl (C=O) groups excluding carboxylic acids is 2. The highest BCUT2D eigenvalue weighted by Crippen LogP contribution is 2.17. The summed E-state index contributed by atoms with van der Waals surface area (Å²) in [5.41, 5.74) is 4.15. The fourth-order valence-electron chi connectivity index (χ4n) is 3.45. The predicted octanol–water partition coefficient (Wildman–Crippen LogP) is 3.03. The first-order valence-electron chi connectivity index (χ1n) is 9.50. The Morgan fingerprint density at radius 3 is 2.37 bits per heavy atom. The molecule has 1 fully saturated rings. The molecule has 0 atom stereocenters. The van der Waals surface area contributed by atoms with Gasteiger partial charge in [0.2, 0.25) is 0 Å². The molecule has 0 bridgehead atoms. The smallest absolute Gasteiger partial charge is 0.342 e. The van der Waals surface area contributed by atoms with E-state index in [9.17, 15) is 9.59 Å². The van der Waals surface area contributed by atoms with E-state index >= 15 is 0 Å². The average Bonchev–Trinajstić information content (AvgIpc) is 2.95. The minimum absolute atomic E-state index is 0.120. The monoisotopic (exact) mass is 369 g/mol. The molecule has 1 aromatic heterocycles. The van der Waals surface area contributed by atoms with E-state index in [1.807, 2.05) is 18.5 Å². The third kappa shape index (κ3) is 4.56. The van der Waals surface area contributed by atoms with Gasteiger partial charge in [-0.2, -0.15) is 5.10 Å². The van der Waals surface area contributed by atoms with Crippen molar-refractivity contribution in [1.29, 1.82) is 0 Å². The van der Waals surface area contributed by atoms with Gasteiger partial charge in [0.15, 0.2) is 6.61 Å². The quantitative estimate of drug-likeness (QED) is 0.760. The first kappa shape index (κ1) is 19.1. The molecule has 2 aromatic rings. The maximum absolute atomic E-state index is 12.5. The molecule has 6 nitrogen and oxygen atoms in total. The van der Waals surface area contributed by atoms with Gasteiger partial charge < -0.3 is 9.64 Å². The van der Waals surface area contributed by atoms with Crippen LogP contribution in [0, 0.1) is 20.8 Å². The highest BCUT2D eigenvalue weighted by atomic mass is 16.5. The number of nitrogens with zero attached hydrogens (tertiary/aromatic N) is 3. The number of aromatic nitrogens is 2. The Kier molecular flexibility index (Phi) is 5.94. The zero-order valence-electron chi connectivity index (χ0n) is 16.3. The van der Waals surface area contributed by atoms with Crippen molar-refractivity contribution in [3.8, 4) is 0 Å². The van der Waals surface area contributed by atoms with Crippen LogP contribution in [0.25, 0.3) is 0 Å². The molecule has 144 valence electrons. The van der Waals surface area contributed by atoms with Gasteiger partial charge in [0, 0.05) is 13.1 Å². The summed E-state index contributed by atoms with van der Waals surface area (Å²) in [7, 11) is 0. The van der Waals surface area contributed by atoms with Crippen LogP contribution < -0.4 is 0 Å². The maximum Gasteiger partial charge on any atom is 0.342 e. The Bertz CT molecular complexity index is 818. The van der Waals surface area contributed by atoms with Gasteiger partial charge in [-0.25, -0.2) is 4.79 Å². The number of aryl methyl sites for hydroxylation is 2. The Morgan fingerprint density at radius 1 is 1.04 bits per heavy atom. The zero-order valence-corrected chi connectivity index (χ0v) is 16.3. The Hall–Kier alpha value is -2.63. The third-order valence-corrected chi connectivity index (χ3v) is 5.07. The lowest BCUT2D eigenvalue weighted by atomic mass is 10.1. The number of rotatable bonds is 5. The molecule has 6 heteroatoms. The second-order valence-corrected chi connectivity index (χ2v) is 7.21. The van der Waals surface area contributed by atoms with Crippen molar-refractivity contribution in [2.75, 3.05) is 19.7 Å². The lowest BCUT2D eigenvalue weighted by molar-refractivity contribution is -0.135. The fourth-order valence-corrected chi connectivity index (χ4v) is 3.45. The summed E-state index contributed by atoms with van der Waals surface area (Å²) < 4.78 is 7.11. The first-order chi connectivity index (χ1) is 13.0. The number of benzene rings is 1. The van der Waals surface area contributed by atoms with Gasteiger partial charge in [0.25, 0.3) is 5.91 Å². The lowest BCUT2D eigenvalue weighted by Gasteiger charge is -2.26. The molecule has 3 rings (SSSR count). The van der Waals surface area contributed by atoms with Crippen molar-refractivity contribution in [3.63, 3.8) is 0 Å². The van der Waals surface area contributed by atoms with E-state index in [1.54, 1.807) is 11.8 Å². The number of piperidine rings is 1. The van der Waals surface area contributed by atoms with Crippen LogP contribution in [-0.2, 0) is 16.1 Å². The molecule has 27 heavy (non-hydrogen) atoms. The van der Waals surface area contributed by atoms with Gasteiger partial charge in [-0.3, -0.25) is 9.48 Å². The van der Waals surface area contributed by atoms with E-state index in [1.165, 1.54) is 5.56 Å². The van der Waals surface area contributed by atoms with Crippen molar-refractivity contribution in [3.05, 3.63) is 52.3 Å². The molecule has 1 aromatic carbocycles. The molecule has 1 aliphatic rings. The highest BCUT2D eigenvalue weighted by molar-refractivity contribution is 5.93. The summed E-state index contributed by atoms with van der Waals surface area (Å²) in [4.78, 5) is 26.5. The summed E-state index contributed by atoms with van der Waals surface area (Å²) in [6, 6.07) is 8.23. The normalized spacial score (nSPS) is 14.3. The molecule has 1 saturated heterocycles. The van der Waals surface area contributed by atoms with Crippen LogP contribution in [0.15, 0.2) is 24.3 Å². The van der Waals surface area contributed by atoms with Crippen LogP contribution in [-0.4, -0.2) is 46.3 Å². The van der Waals surface area contributed by atoms with Gasteiger partial charge in [0.1, 0.15) is 5.56 Å². The van der Waals surface area contributed by atoms with E-state index in [-0.39, 0.29) is 12.5 Å². The van der Waals surface area contributed by atoms with Gasteiger partial charge in [-0.1, -0.05) is 29.8 Å². The molecular formula is C21H27N3O3. The zero-order chi connectivity index (χ0) is 19.4. The van der Waals surface area contributed by atoms with E-state index in [0.29, 0.717) is 17.8 Å². The maximum atomic E-state index is 12.5. The second-order valence-electron chi connectivity index (χ2n) is 7.21. The van der Waals surface area contributed by atoms with Crippen LogP contribution in [0.2, 0.25) is 0 Å². The molecule has 0 unspecified atom stereocenters. The van der Waals surface area contributed by atoms with Gasteiger partial charge in [0.05, 0.1) is 17.9 Å². The number of hydrogen-bond donors (Lipinski definition) is 0. The molecule has 2 heterocycles. The van der Waals surface area contributed by atoms with E-state index < -0.39 is 5.97 Å². The third-order valence-electron chi connectivity index (χ3n) is 5.07. The van der Waals surface area contributed by atoms with Crippen molar-refractivity contribution in [1.82, 2.24) is 14.7 Å². The summed E-state index contributed by atoms with van der Waals surface area (Å²) in [5.74, 6) is -0.601. The van der Waals surface area contributed by atoms with Gasteiger partial charge in [-0.05, 0) is 45.6 Å². The Morgan fingerprint density at radius 2 is 1.70 bits per heavy atom. The number of carbonyl (C=O) groups is 2. The van der Waals surface area contributed by atoms with Crippen LogP contribution in [0.4, 0.5) is 0 Å². The minimum Gasteiger partial charge on any atom is -0.452 e. The molecule has 0 N–H and O–H groups in total. The van der Waals surface area contributed by atoms with Crippen molar-refractivity contribution >= 4 is 11.9 Å². The molecule has 0 spiro atoms. The molecule has 0 radical (unpaired) electrons. The van der Waals surface area contributed by atoms with Crippen molar-refractivity contribution < 1.29 is 14.3 Å². The number of hydrogen-bond acceptors (Lipinski definition) is 4. The van der Waals surface area contributed by atoms with Crippen molar-refractivity contribution in [2.24, 2.45) is 0 Å². The molecule has 0 aliphatic carbocycles. The largest absolute Gasteiger partial charge is 0.452 e. The van der Waals surface area contributed by atoms with E-state index in [2.05, 4.69) is 29.4 Å². The van der Waals surface area contributed by atoms with Gasteiger partial charge >= 0.3 is 5.97 Å². The molecule has 0 saturated carbocycles.